The van der Waals surface area contributed by atoms with Crippen molar-refractivity contribution in [2.24, 2.45) is 0 Å². The van der Waals surface area contributed by atoms with Crippen molar-refractivity contribution in [2.75, 3.05) is 19.7 Å². The van der Waals surface area contributed by atoms with Crippen LogP contribution in [0, 0.1) is 5.41 Å². The van der Waals surface area contributed by atoms with Crippen molar-refractivity contribution >= 4 is 16.6 Å². The Morgan fingerprint density at radius 2 is 1.87 bits per heavy atom. The summed E-state index contributed by atoms with van der Waals surface area (Å²) in [4.78, 5) is 0. The molecule has 92 valence electrons. The third-order valence-corrected chi connectivity index (χ3v) is 1.21. The monoisotopic (exact) mass is 242 g/mol. The second-order valence-electron chi connectivity index (χ2n) is 2.60. The third kappa shape index (κ3) is 42.4. The largest absolute Gasteiger partial charge is 1.00 e. The van der Waals surface area contributed by atoms with E-state index in [-0.39, 0.29) is 8.03 Å². The highest BCUT2D eigenvalue weighted by Crippen LogP contribution is 1.81. The lowest BCUT2D eigenvalue weighted by molar-refractivity contribution is 0.286. The highest BCUT2D eigenvalue weighted by atomic mass is 32.3. The third-order valence-electron chi connectivity index (χ3n) is 1.21. The van der Waals surface area contributed by atoms with E-state index in [1.165, 1.54) is 6.21 Å². The first-order chi connectivity index (χ1) is 6.91. The van der Waals surface area contributed by atoms with Gasteiger partial charge in [0.1, 0.15) is 0 Å². The van der Waals surface area contributed by atoms with Crippen LogP contribution < -0.4 is 5.32 Å². The van der Waals surface area contributed by atoms with Crippen LogP contribution >= 0.6 is 0 Å². The minimum atomic E-state index is -4.92. The van der Waals surface area contributed by atoms with E-state index in [2.05, 4.69) is 5.32 Å². The number of aliphatic hydroxyl groups excluding tert-OH is 1. The first-order valence-electron chi connectivity index (χ1n) is 4.40. The first kappa shape index (κ1) is 16.9. The summed E-state index contributed by atoms with van der Waals surface area (Å²) >= 11 is 0. The maximum atomic E-state index is 8.63. The predicted octanol–water partition coefficient (Wildman–Crippen LogP) is -0.495. The molecule has 15 heavy (non-hydrogen) atoms. The van der Waals surface area contributed by atoms with Gasteiger partial charge in [-0.2, -0.15) is 0 Å². The van der Waals surface area contributed by atoms with Gasteiger partial charge in [0, 0.05) is 6.61 Å². The van der Waals surface area contributed by atoms with Gasteiger partial charge in [0.15, 0.2) is 0 Å². The van der Waals surface area contributed by atoms with E-state index in [9.17, 15) is 0 Å². The summed E-state index contributed by atoms with van der Waals surface area (Å²) in [6, 6.07) is 0. The Kier molecular flexibility index (Phi) is 13.0. The molecule has 0 heterocycles. The second-order valence-corrected chi connectivity index (χ2v) is 3.46. The lowest BCUT2D eigenvalue weighted by Crippen LogP contribution is -2.17. The van der Waals surface area contributed by atoms with Crippen LogP contribution in [0.4, 0.5) is 0 Å². The number of nitrogens with one attached hydrogen (secondary N) is 2. The van der Waals surface area contributed by atoms with Crippen molar-refractivity contribution < 1.29 is 24.1 Å². The standard InChI is InChI=1S/C7H16N2O.H2O4S/c8-4-1-2-5-9-6-3-7-10;1-5(2,3)4/h4,8-10H,1-3,5-7H2;(H2,1,2,3,4). The molecule has 0 unspecified atom stereocenters. The van der Waals surface area contributed by atoms with Crippen molar-refractivity contribution in [3.8, 4) is 0 Å². The Balaban J connectivity index is -0.000000242. The summed E-state index contributed by atoms with van der Waals surface area (Å²) in [6.07, 6.45) is 4.12. The predicted molar refractivity (Wildman–Crippen MR) is 56.0 cm³/mol. The molecule has 7 nitrogen and oxygen atoms in total. The van der Waals surface area contributed by atoms with E-state index in [1.54, 1.807) is 0 Å². The summed E-state index contributed by atoms with van der Waals surface area (Å²) in [6.45, 7) is 2.10. The Labute approximate surface area is 91.1 Å². The van der Waals surface area contributed by atoms with Crippen LogP contribution in [0.5, 0.6) is 0 Å². The average Bonchev–Trinajstić information content (AvgIpc) is 2.08. The summed E-state index contributed by atoms with van der Waals surface area (Å²) in [7, 11) is -4.92. The van der Waals surface area contributed by atoms with Crippen LogP contribution in [0.2, 0.25) is 0 Å². The summed E-state index contributed by atoms with van der Waals surface area (Å²) in [5.41, 5.74) is 0. The van der Waals surface area contributed by atoms with Crippen LogP contribution in [0.25, 0.3) is 0 Å². The lowest BCUT2D eigenvalue weighted by Gasteiger charge is -1.99. The molecule has 0 aromatic heterocycles. The SMILES string of the molecule is N=CCCCNCCCO.O=S(=O)([O-])O.[H+]. The molecule has 0 bridgehead atoms. The fraction of sp³-hybridized carbons (Fsp3) is 0.857. The maximum Gasteiger partial charge on any atom is 1.00 e. The number of aliphatic hydroxyl groups is 1. The molecular weight excluding hydrogens is 224 g/mol. The molecule has 0 aromatic carbocycles. The summed E-state index contributed by atoms with van der Waals surface area (Å²) in [5.74, 6) is 0. The van der Waals surface area contributed by atoms with Crippen molar-refractivity contribution in [3.05, 3.63) is 0 Å². The van der Waals surface area contributed by atoms with E-state index in [0.29, 0.717) is 0 Å². The summed E-state index contributed by atoms with van der Waals surface area (Å²) in [5, 5.41) is 18.3. The second kappa shape index (κ2) is 11.5. The van der Waals surface area contributed by atoms with Gasteiger partial charge in [0.2, 0.25) is 10.4 Å². The van der Waals surface area contributed by atoms with Gasteiger partial charge < -0.3 is 20.4 Å². The molecule has 8 heteroatoms. The molecule has 4 N–H and O–H groups in total. The molecular formula is C7H18N2O5S. The quantitative estimate of drug-likeness (QED) is 0.206. The van der Waals surface area contributed by atoms with Gasteiger partial charge in [-0.1, -0.05) is 0 Å². The minimum absolute atomic E-state index is 0. The fourth-order valence-electron chi connectivity index (χ4n) is 0.658. The molecule has 0 saturated heterocycles. The fourth-order valence-corrected chi connectivity index (χ4v) is 0.658. The number of unbranched alkanes of at least 4 members (excludes halogenated alkanes) is 1. The molecule has 0 aromatic rings. The molecule has 0 spiro atoms. The molecule has 0 aliphatic rings. The Bertz CT molecular complexity index is 227. The Hall–Kier alpha value is -0.540. The molecule has 0 atom stereocenters. The molecule has 0 rings (SSSR count). The van der Waals surface area contributed by atoms with E-state index < -0.39 is 10.4 Å². The van der Waals surface area contributed by atoms with E-state index in [4.69, 9.17) is 28.0 Å². The van der Waals surface area contributed by atoms with Gasteiger partial charge in [-0.3, -0.25) is 4.55 Å². The van der Waals surface area contributed by atoms with Gasteiger partial charge in [-0.05, 0) is 38.6 Å². The van der Waals surface area contributed by atoms with Crippen molar-refractivity contribution in [1.29, 1.82) is 5.41 Å². The zero-order valence-corrected chi connectivity index (χ0v) is 9.16. The zero-order valence-electron chi connectivity index (χ0n) is 9.35. The van der Waals surface area contributed by atoms with Crippen LogP contribution in [0.3, 0.4) is 0 Å². The molecule has 0 aliphatic carbocycles. The molecule has 0 amide bonds. The summed E-state index contributed by atoms with van der Waals surface area (Å²) < 4.78 is 32.8. The van der Waals surface area contributed by atoms with Crippen molar-refractivity contribution in [3.63, 3.8) is 0 Å². The smallest absolute Gasteiger partial charge is 0.726 e. The van der Waals surface area contributed by atoms with Crippen LogP contribution in [-0.2, 0) is 10.4 Å². The van der Waals surface area contributed by atoms with Crippen LogP contribution in [-0.4, -0.2) is 48.5 Å². The average molecular weight is 242 g/mol. The minimum Gasteiger partial charge on any atom is -0.726 e. The topological polar surface area (TPSA) is 134 Å². The van der Waals surface area contributed by atoms with Crippen molar-refractivity contribution in [1.82, 2.24) is 5.32 Å². The molecule has 0 radical (unpaired) electrons. The van der Waals surface area contributed by atoms with Gasteiger partial charge in [0.25, 0.3) is 0 Å². The van der Waals surface area contributed by atoms with E-state index >= 15 is 0 Å². The Morgan fingerprint density at radius 1 is 1.40 bits per heavy atom. The lowest BCUT2D eigenvalue weighted by atomic mass is 10.3. The highest BCUT2D eigenvalue weighted by Gasteiger charge is 1.85. The van der Waals surface area contributed by atoms with Crippen molar-refractivity contribution in [2.45, 2.75) is 19.3 Å². The number of hydrogen-bond acceptors (Lipinski definition) is 6. The van der Waals surface area contributed by atoms with Crippen LogP contribution in [0.15, 0.2) is 0 Å². The highest BCUT2D eigenvalue weighted by molar-refractivity contribution is 7.79. The van der Waals surface area contributed by atoms with Crippen LogP contribution in [0.1, 0.15) is 20.7 Å². The molecule has 0 fully saturated rings. The van der Waals surface area contributed by atoms with E-state index in [1.807, 2.05) is 0 Å². The molecule has 0 aliphatic heterocycles. The molecule has 0 saturated carbocycles. The van der Waals surface area contributed by atoms with Gasteiger partial charge in [-0.25, -0.2) is 8.42 Å². The normalized spacial score (nSPS) is 10.3. The van der Waals surface area contributed by atoms with Gasteiger partial charge in [0.05, 0.1) is 0 Å². The number of rotatable bonds is 7. The first-order valence-corrected chi connectivity index (χ1v) is 5.77. The van der Waals surface area contributed by atoms with E-state index in [0.717, 1.165) is 32.4 Å². The zero-order chi connectivity index (χ0) is 12.2. The maximum absolute atomic E-state index is 8.63. The number of hydrogen-bond donors (Lipinski definition) is 4. The Morgan fingerprint density at radius 3 is 2.27 bits per heavy atom. The van der Waals surface area contributed by atoms with Gasteiger partial charge in [-0.15, -0.1) is 0 Å². The van der Waals surface area contributed by atoms with Gasteiger partial charge >= 0.3 is 1.43 Å².